The number of carbonyl (C=O) groups is 1. The van der Waals surface area contributed by atoms with E-state index in [4.69, 9.17) is 4.98 Å². The molecule has 5 nitrogen and oxygen atoms in total. The first-order valence-corrected chi connectivity index (χ1v) is 10.4. The van der Waals surface area contributed by atoms with Crippen molar-refractivity contribution in [1.82, 2.24) is 14.9 Å². The van der Waals surface area contributed by atoms with Gasteiger partial charge in [0.2, 0.25) is 5.91 Å². The topological polar surface area (TPSA) is 64.0 Å². The van der Waals surface area contributed by atoms with E-state index < -0.39 is 0 Å². The molecule has 1 heterocycles. The van der Waals surface area contributed by atoms with Gasteiger partial charge in [-0.15, -0.1) is 0 Å². The molecule has 0 radical (unpaired) electrons. The van der Waals surface area contributed by atoms with Crippen LogP contribution < -0.4 is 10.9 Å². The van der Waals surface area contributed by atoms with Crippen LogP contribution in [0.3, 0.4) is 0 Å². The van der Waals surface area contributed by atoms with Crippen LogP contribution in [0.4, 0.5) is 0 Å². The summed E-state index contributed by atoms with van der Waals surface area (Å²) in [5.41, 5.74) is 0.754. The van der Waals surface area contributed by atoms with Gasteiger partial charge in [0.05, 0.1) is 10.9 Å². The average Bonchev–Trinajstić information content (AvgIpc) is 3.51. The summed E-state index contributed by atoms with van der Waals surface area (Å²) in [7, 11) is 0. The lowest BCUT2D eigenvalue weighted by Crippen LogP contribution is -2.30. The van der Waals surface area contributed by atoms with Crippen LogP contribution in [0.25, 0.3) is 10.9 Å². The van der Waals surface area contributed by atoms with Gasteiger partial charge in [0.15, 0.2) is 0 Å². The van der Waals surface area contributed by atoms with E-state index in [1.54, 1.807) is 0 Å². The van der Waals surface area contributed by atoms with Gasteiger partial charge in [-0.25, -0.2) is 4.98 Å². The first-order chi connectivity index (χ1) is 13.1. The standard InChI is InChI=1S/C22H31N3O2/c1-3-5-8-16(4-2)15-23-21(26)14-13-20-24-19-10-7-6-9-18(19)22(27)25(20)17-11-12-17/h6-7,9-10,16-17H,3-5,8,11-15H2,1-2H3,(H,23,26). The van der Waals surface area contributed by atoms with Crippen molar-refractivity contribution in [2.45, 2.75) is 71.3 Å². The highest BCUT2D eigenvalue weighted by Gasteiger charge is 2.28. The average molecular weight is 370 g/mol. The van der Waals surface area contributed by atoms with Gasteiger partial charge in [-0.2, -0.15) is 0 Å². The smallest absolute Gasteiger partial charge is 0.261 e. The summed E-state index contributed by atoms with van der Waals surface area (Å²) in [6.45, 7) is 5.12. The lowest BCUT2D eigenvalue weighted by Gasteiger charge is -2.16. The van der Waals surface area contributed by atoms with E-state index in [9.17, 15) is 9.59 Å². The minimum atomic E-state index is 0.0316. The summed E-state index contributed by atoms with van der Waals surface area (Å²) in [6.07, 6.45) is 7.59. The van der Waals surface area contributed by atoms with E-state index in [2.05, 4.69) is 19.2 Å². The molecule has 0 saturated heterocycles. The fourth-order valence-corrected chi connectivity index (χ4v) is 3.59. The predicted molar refractivity (Wildman–Crippen MR) is 109 cm³/mol. The molecule has 146 valence electrons. The van der Waals surface area contributed by atoms with Crippen molar-refractivity contribution in [1.29, 1.82) is 0 Å². The Morgan fingerprint density at radius 3 is 2.78 bits per heavy atom. The third-order valence-corrected chi connectivity index (χ3v) is 5.50. The highest BCUT2D eigenvalue weighted by molar-refractivity contribution is 5.78. The number of amides is 1. The molecule has 1 aromatic carbocycles. The zero-order valence-electron chi connectivity index (χ0n) is 16.5. The molecule has 5 heteroatoms. The van der Waals surface area contributed by atoms with E-state index in [0.717, 1.165) is 37.1 Å². The van der Waals surface area contributed by atoms with Crippen LogP contribution in [0.1, 0.15) is 70.7 Å². The Morgan fingerprint density at radius 2 is 2.07 bits per heavy atom. The molecule has 1 aliphatic rings. The number of rotatable bonds is 10. The molecule has 1 aromatic heterocycles. The highest BCUT2D eigenvalue weighted by atomic mass is 16.1. The Balaban J connectivity index is 1.65. The van der Waals surface area contributed by atoms with Crippen molar-refractivity contribution in [3.8, 4) is 0 Å². The zero-order valence-corrected chi connectivity index (χ0v) is 16.5. The molecular formula is C22H31N3O2. The number of nitrogens with zero attached hydrogens (tertiary/aromatic N) is 2. The Morgan fingerprint density at radius 1 is 1.30 bits per heavy atom. The first kappa shape index (κ1) is 19.6. The van der Waals surface area contributed by atoms with Crippen molar-refractivity contribution in [2.75, 3.05) is 6.54 Å². The molecular weight excluding hydrogens is 338 g/mol. The number of benzene rings is 1. The number of carbonyl (C=O) groups excluding carboxylic acids is 1. The van der Waals surface area contributed by atoms with Gasteiger partial charge < -0.3 is 5.32 Å². The maximum Gasteiger partial charge on any atom is 0.261 e. The molecule has 2 aromatic rings. The summed E-state index contributed by atoms with van der Waals surface area (Å²) in [6, 6.07) is 7.73. The van der Waals surface area contributed by atoms with Gasteiger partial charge in [-0.1, -0.05) is 45.2 Å². The summed E-state index contributed by atoms with van der Waals surface area (Å²) in [4.78, 5) is 29.9. The Bertz CT molecular complexity index is 839. The van der Waals surface area contributed by atoms with E-state index in [1.807, 2.05) is 28.8 Å². The number of hydrogen-bond donors (Lipinski definition) is 1. The van der Waals surface area contributed by atoms with Crippen LogP contribution in [0.2, 0.25) is 0 Å². The van der Waals surface area contributed by atoms with E-state index in [1.165, 1.54) is 19.3 Å². The molecule has 1 aliphatic carbocycles. The van der Waals surface area contributed by atoms with Crippen LogP contribution in [0.15, 0.2) is 29.1 Å². The molecule has 3 rings (SSSR count). The molecule has 1 atom stereocenters. The molecule has 1 amide bonds. The molecule has 1 N–H and O–H groups in total. The number of unbranched alkanes of at least 4 members (excludes halogenated alkanes) is 1. The van der Waals surface area contributed by atoms with Crippen molar-refractivity contribution in [3.05, 3.63) is 40.4 Å². The van der Waals surface area contributed by atoms with Crippen LogP contribution in [-0.4, -0.2) is 22.0 Å². The molecule has 1 fully saturated rings. The van der Waals surface area contributed by atoms with Gasteiger partial charge >= 0.3 is 0 Å². The number of fused-ring (bicyclic) bond motifs is 1. The number of hydrogen-bond acceptors (Lipinski definition) is 3. The SMILES string of the molecule is CCCCC(CC)CNC(=O)CCc1nc2ccccc2c(=O)n1C1CC1. The molecule has 27 heavy (non-hydrogen) atoms. The molecule has 1 saturated carbocycles. The Kier molecular flexibility index (Phi) is 6.64. The lowest BCUT2D eigenvalue weighted by atomic mass is 9.99. The zero-order chi connectivity index (χ0) is 19.2. The molecule has 0 aliphatic heterocycles. The van der Waals surface area contributed by atoms with Crippen LogP contribution in [0, 0.1) is 5.92 Å². The fourth-order valence-electron chi connectivity index (χ4n) is 3.59. The number of aryl methyl sites for hydroxylation is 1. The third-order valence-electron chi connectivity index (χ3n) is 5.50. The summed E-state index contributed by atoms with van der Waals surface area (Å²) in [5.74, 6) is 1.35. The molecule has 0 spiro atoms. The maximum atomic E-state index is 12.9. The molecule has 1 unspecified atom stereocenters. The van der Waals surface area contributed by atoms with Gasteiger partial charge in [0.25, 0.3) is 5.56 Å². The maximum absolute atomic E-state index is 12.9. The summed E-state index contributed by atoms with van der Waals surface area (Å²) < 4.78 is 1.83. The van der Waals surface area contributed by atoms with Crippen molar-refractivity contribution in [3.63, 3.8) is 0 Å². The normalized spacial score (nSPS) is 15.0. The molecule has 0 bridgehead atoms. The minimum Gasteiger partial charge on any atom is -0.356 e. The predicted octanol–water partition coefficient (Wildman–Crippen LogP) is 4.00. The second kappa shape index (κ2) is 9.16. The Labute approximate surface area is 161 Å². The summed E-state index contributed by atoms with van der Waals surface area (Å²) >= 11 is 0. The Hall–Kier alpha value is -2.17. The quantitative estimate of drug-likeness (QED) is 0.688. The second-order valence-corrected chi connectivity index (χ2v) is 7.67. The van der Waals surface area contributed by atoms with Gasteiger partial charge in [-0.05, 0) is 37.3 Å². The fraction of sp³-hybridized carbons (Fsp3) is 0.591. The second-order valence-electron chi connectivity index (χ2n) is 7.67. The number of para-hydroxylation sites is 1. The van der Waals surface area contributed by atoms with E-state index in [0.29, 0.717) is 24.1 Å². The monoisotopic (exact) mass is 369 g/mol. The summed E-state index contributed by atoms with van der Waals surface area (Å²) in [5, 5.41) is 3.74. The van der Waals surface area contributed by atoms with Gasteiger partial charge in [0, 0.05) is 25.4 Å². The van der Waals surface area contributed by atoms with Crippen molar-refractivity contribution >= 4 is 16.8 Å². The number of nitrogens with one attached hydrogen (secondary N) is 1. The number of aromatic nitrogens is 2. The van der Waals surface area contributed by atoms with Crippen LogP contribution >= 0.6 is 0 Å². The van der Waals surface area contributed by atoms with Crippen LogP contribution in [-0.2, 0) is 11.2 Å². The largest absolute Gasteiger partial charge is 0.356 e. The minimum absolute atomic E-state index is 0.0316. The lowest BCUT2D eigenvalue weighted by molar-refractivity contribution is -0.121. The van der Waals surface area contributed by atoms with Gasteiger partial charge in [0.1, 0.15) is 5.82 Å². The van der Waals surface area contributed by atoms with Crippen molar-refractivity contribution < 1.29 is 4.79 Å². The van der Waals surface area contributed by atoms with Crippen molar-refractivity contribution in [2.24, 2.45) is 5.92 Å². The van der Waals surface area contributed by atoms with E-state index >= 15 is 0 Å². The highest BCUT2D eigenvalue weighted by Crippen LogP contribution is 2.34. The van der Waals surface area contributed by atoms with Gasteiger partial charge in [-0.3, -0.25) is 14.2 Å². The first-order valence-electron chi connectivity index (χ1n) is 10.4. The third kappa shape index (κ3) is 4.96. The van der Waals surface area contributed by atoms with Crippen LogP contribution in [0.5, 0.6) is 0 Å². The van der Waals surface area contributed by atoms with E-state index in [-0.39, 0.29) is 17.5 Å².